The second-order valence-corrected chi connectivity index (χ2v) is 7.05. The Bertz CT molecular complexity index is 1270. The van der Waals surface area contributed by atoms with Gasteiger partial charge in [0.2, 0.25) is 0 Å². The zero-order valence-electron chi connectivity index (χ0n) is 15.2. The van der Waals surface area contributed by atoms with Crippen LogP contribution in [0.4, 0.5) is 11.4 Å². The Balaban J connectivity index is 1.75. The number of aromatic amines is 1. The fourth-order valence-corrected chi connectivity index (χ4v) is 3.48. The third kappa shape index (κ3) is 2.59. The number of aromatic nitrogens is 4. The van der Waals surface area contributed by atoms with Crippen LogP contribution in [-0.4, -0.2) is 19.9 Å². The number of fused-ring (bicyclic) bond motifs is 4. The number of rotatable bonds is 3. The van der Waals surface area contributed by atoms with Gasteiger partial charge in [0.05, 0.1) is 22.2 Å². The lowest BCUT2D eigenvalue weighted by Crippen LogP contribution is -1.96. The van der Waals surface area contributed by atoms with Crippen LogP contribution < -0.4 is 5.32 Å². The van der Waals surface area contributed by atoms with Gasteiger partial charge in [0.25, 0.3) is 0 Å². The molecule has 27 heavy (non-hydrogen) atoms. The quantitative estimate of drug-likeness (QED) is 0.448. The molecule has 0 amide bonds. The summed E-state index contributed by atoms with van der Waals surface area (Å²) in [4.78, 5) is 16.9. The van der Waals surface area contributed by atoms with Crippen molar-refractivity contribution >= 4 is 44.2 Å². The number of hydrogen-bond acceptors (Lipinski definition) is 4. The lowest BCUT2D eigenvalue weighted by atomic mass is 10.0. The largest absolute Gasteiger partial charge is 0.353 e. The monoisotopic (exact) mass is 353 g/mol. The number of nitrogens with one attached hydrogen (secondary N) is 2. The summed E-state index contributed by atoms with van der Waals surface area (Å²) in [6.07, 6.45) is 7.28. The van der Waals surface area contributed by atoms with Crippen LogP contribution in [0, 0.1) is 0 Å². The molecule has 0 saturated carbocycles. The smallest absolute Gasteiger partial charge is 0.100 e. The number of pyridine rings is 3. The molecule has 0 spiro atoms. The molecule has 0 bridgehead atoms. The summed E-state index contributed by atoms with van der Waals surface area (Å²) in [5.74, 6) is 0.512. The Morgan fingerprint density at radius 2 is 1.63 bits per heavy atom. The number of anilines is 2. The van der Waals surface area contributed by atoms with Crippen LogP contribution in [-0.2, 0) is 0 Å². The van der Waals surface area contributed by atoms with Gasteiger partial charge in [-0.2, -0.15) is 0 Å². The molecule has 0 radical (unpaired) electrons. The summed E-state index contributed by atoms with van der Waals surface area (Å²) in [5.41, 5.74) is 7.15. The first-order chi connectivity index (χ1) is 13.2. The Labute approximate surface area is 156 Å². The van der Waals surface area contributed by atoms with E-state index in [2.05, 4.69) is 58.4 Å². The molecule has 5 heteroatoms. The highest BCUT2D eigenvalue weighted by molar-refractivity contribution is 6.15. The molecule has 0 unspecified atom stereocenters. The summed E-state index contributed by atoms with van der Waals surface area (Å²) < 4.78 is 0. The first-order valence-electron chi connectivity index (χ1n) is 9.07. The Kier molecular flexibility index (Phi) is 3.53. The standard InChI is InChI=1S/C22H19N5/c1-13(2)14-3-5-15(6-4-14)25-20-16-11-23-9-7-18(16)26-21-17-12-24-10-8-19(17)27-22(20)21/h3-13,27H,1-2H3,(H,25,26). The summed E-state index contributed by atoms with van der Waals surface area (Å²) in [5, 5.41) is 5.59. The highest BCUT2D eigenvalue weighted by Crippen LogP contribution is 2.35. The van der Waals surface area contributed by atoms with Gasteiger partial charge in [0.1, 0.15) is 5.52 Å². The number of benzene rings is 1. The molecule has 0 saturated heterocycles. The maximum atomic E-state index is 4.85. The molecule has 4 heterocycles. The Morgan fingerprint density at radius 1 is 0.889 bits per heavy atom. The molecule has 0 atom stereocenters. The van der Waals surface area contributed by atoms with E-state index in [1.54, 1.807) is 12.4 Å². The van der Waals surface area contributed by atoms with Crippen molar-refractivity contribution < 1.29 is 0 Å². The Morgan fingerprint density at radius 3 is 2.41 bits per heavy atom. The average Bonchev–Trinajstić information content (AvgIpc) is 3.07. The second-order valence-electron chi connectivity index (χ2n) is 7.05. The third-order valence-corrected chi connectivity index (χ3v) is 4.97. The van der Waals surface area contributed by atoms with Crippen molar-refractivity contribution in [2.24, 2.45) is 0 Å². The molecular formula is C22H19N5. The minimum Gasteiger partial charge on any atom is -0.353 e. The Hall–Kier alpha value is -3.47. The number of nitrogens with zero attached hydrogens (tertiary/aromatic N) is 3. The maximum Gasteiger partial charge on any atom is 0.100 e. The molecule has 4 aromatic heterocycles. The van der Waals surface area contributed by atoms with Gasteiger partial charge in [-0.15, -0.1) is 0 Å². The molecule has 0 aliphatic rings. The minimum atomic E-state index is 0.512. The van der Waals surface area contributed by atoms with Crippen LogP contribution in [0.2, 0.25) is 0 Å². The highest BCUT2D eigenvalue weighted by Gasteiger charge is 2.14. The lowest BCUT2D eigenvalue weighted by Gasteiger charge is -2.12. The summed E-state index contributed by atoms with van der Waals surface area (Å²) in [6, 6.07) is 12.5. The fraction of sp³-hybridized carbons (Fsp3) is 0.136. The van der Waals surface area contributed by atoms with Crippen molar-refractivity contribution in [1.29, 1.82) is 0 Å². The van der Waals surface area contributed by atoms with Gasteiger partial charge >= 0.3 is 0 Å². The van der Waals surface area contributed by atoms with Crippen LogP contribution in [0.1, 0.15) is 25.3 Å². The van der Waals surface area contributed by atoms with E-state index in [-0.39, 0.29) is 0 Å². The molecule has 0 aliphatic carbocycles. The average molecular weight is 353 g/mol. The van der Waals surface area contributed by atoms with Crippen LogP contribution >= 0.6 is 0 Å². The molecule has 132 valence electrons. The van der Waals surface area contributed by atoms with Crippen molar-refractivity contribution in [2.75, 3.05) is 5.32 Å². The van der Waals surface area contributed by atoms with Gasteiger partial charge in [0.15, 0.2) is 0 Å². The first kappa shape index (κ1) is 15.8. The lowest BCUT2D eigenvalue weighted by molar-refractivity contribution is 0.867. The van der Waals surface area contributed by atoms with E-state index in [1.165, 1.54) is 5.56 Å². The molecule has 2 N–H and O–H groups in total. The topological polar surface area (TPSA) is 66.5 Å². The number of hydrogen-bond donors (Lipinski definition) is 2. The van der Waals surface area contributed by atoms with E-state index in [1.807, 2.05) is 24.5 Å². The molecule has 5 aromatic rings. The van der Waals surface area contributed by atoms with Gasteiger partial charge in [-0.3, -0.25) is 9.97 Å². The van der Waals surface area contributed by atoms with E-state index < -0.39 is 0 Å². The summed E-state index contributed by atoms with van der Waals surface area (Å²) >= 11 is 0. The predicted molar refractivity (Wildman–Crippen MR) is 111 cm³/mol. The van der Waals surface area contributed by atoms with Crippen molar-refractivity contribution in [3.63, 3.8) is 0 Å². The third-order valence-electron chi connectivity index (χ3n) is 4.97. The van der Waals surface area contributed by atoms with E-state index in [0.29, 0.717) is 5.92 Å². The number of H-pyrrole nitrogens is 1. The zero-order chi connectivity index (χ0) is 18.4. The molecule has 5 nitrogen and oxygen atoms in total. The minimum absolute atomic E-state index is 0.512. The molecule has 0 fully saturated rings. The molecule has 5 rings (SSSR count). The molecule has 1 aromatic carbocycles. The summed E-state index contributed by atoms with van der Waals surface area (Å²) in [7, 11) is 0. The van der Waals surface area contributed by atoms with Crippen LogP contribution in [0.25, 0.3) is 32.8 Å². The van der Waals surface area contributed by atoms with E-state index in [4.69, 9.17) is 4.98 Å². The predicted octanol–water partition coefficient (Wildman–Crippen LogP) is 5.53. The molecular weight excluding hydrogens is 334 g/mol. The molecule has 0 aliphatic heterocycles. The van der Waals surface area contributed by atoms with Gasteiger partial charge in [-0.1, -0.05) is 26.0 Å². The SMILES string of the molecule is CC(C)c1ccc(Nc2c3cnccc3nc3c2[nH]c2ccncc23)cc1. The highest BCUT2D eigenvalue weighted by atomic mass is 14.9. The fourth-order valence-electron chi connectivity index (χ4n) is 3.48. The van der Waals surface area contributed by atoms with Crippen molar-refractivity contribution in [3.8, 4) is 0 Å². The van der Waals surface area contributed by atoms with E-state index in [9.17, 15) is 0 Å². The maximum absolute atomic E-state index is 4.85. The van der Waals surface area contributed by atoms with Crippen LogP contribution in [0.3, 0.4) is 0 Å². The van der Waals surface area contributed by atoms with Crippen molar-refractivity contribution in [1.82, 2.24) is 19.9 Å². The van der Waals surface area contributed by atoms with Gasteiger partial charge in [-0.25, -0.2) is 4.98 Å². The van der Waals surface area contributed by atoms with E-state index in [0.717, 1.165) is 44.2 Å². The van der Waals surface area contributed by atoms with E-state index >= 15 is 0 Å². The van der Waals surface area contributed by atoms with Gasteiger partial charge in [-0.05, 0) is 35.7 Å². The van der Waals surface area contributed by atoms with Crippen LogP contribution in [0.15, 0.2) is 61.2 Å². The van der Waals surface area contributed by atoms with Gasteiger partial charge < -0.3 is 10.3 Å². The second kappa shape index (κ2) is 6.06. The van der Waals surface area contributed by atoms with Gasteiger partial charge in [0, 0.05) is 41.2 Å². The van der Waals surface area contributed by atoms with Crippen LogP contribution in [0.5, 0.6) is 0 Å². The summed E-state index contributed by atoms with van der Waals surface area (Å²) in [6.45, 7) is 4.40. The first-order valence-corrected chi connectivity index (χ1v) is 9.07. The normalized spacial score (nSPS) is 11.7. The van der Waals surface area contributed by atoms with Crippen molar-refractivity contribution in [2.45, 2.75) is 19.8 Å². The van der Waals surface area contributed by atoms with Crippen molar-refractivity contribution in [3.05, 3.63) is 66.7 Å². The zero-order valence-corrected chi connectivity index (χ0v) is 15.2.